The molecule has 0 aliphatic rings. The van der Waals surface area contributed by atoms with Crippen LogP contribution < -0.4 is 9.47 Å². The van der Waals surface area contributed by atoms with E-state index in [9.17, 15) is 9.59 Å². The molecule has 0 heterocycles. The van der Waals surface area contributed by atoms with E-state index in [1.54, 1.807) is 12.1 Å². The molecule has 0 saturated carbocycles. The Kier molecular flexibility index (Phi) is 12.3. The Bertz CT molecular complexity index is 821. The van der Waals surface area contributed by atoms with Crippen molar-refractivity contribution < 1.29 is 28.5 Å². The van der Waals surface area contributed by atoms with Gasteiger partial charge in [0, 0.05) is 10.8 Å². The van der Waals surface area contributed by atoms with Crippen molar-refractivity contribution in [2.45, 2.75) is 79.1 Å². The molecule has 0 spiro atoms. The van der Waals surface area contributed by atoms with Crippen LogP contribution in [-0.2, 0) is 9.47 Å². The number of hydrogen-bond donors (Lipinski definition) is 0. The van der Waals surface area contributed by atoms with Crippen molar-refractivity contribution in [3.8, 4) is 11.5 Å². The number of ether oxygens (including phenoxy) is 4. The minimum atomic E-state index is -0.731. The fourth-order valence-electron chi connectivity index (χ4n) is 3.83. The SMILES string of the molecule is CCCCC(CC)COC(=O)Oc1ccc(OC(=O)OCC(CC)CCCC)c2ccccc12. The number of rotatable bonds is 14. The molecular formula is C28H40O6. The first-order chi connectivity index (χ1) is 16.5. The minimum absolute atomic E-state index is 0.334. The Morgan fingerprint density at radius 3 is 1.44 bits per heavy atom. The summed E-state index contributed by atoms with van der Waals surface area (Å²) in [4.78, 5) is 24.6. The molecule has 2 atom stereocenters. The van der Waals surface area contributed by atoms with Gasteiger partial charge in [-0.15, -0.1) is 0 Å². The molecule has 0 N–H and O–H groups in total. The second-order valence-electron chi connectivity index (χ2n) is 8.77. The molecule has 2 aromatic carbocycles. The summed E-state index contributed by atoms with van der Waals surface area (Å²) in [6.45, 7) is 9.18. The quantitative estimate of drug-likeness (QED) is 0.203. The van der Waals surface area contributed by atoms with Gasteiger partial charge in [-0.3, -0.25) is 0 Å². The average molecular weight is 473 g/mol. The Hall–Kier alpha value is -2.76. The van der Waals surface area contributed by atoms with Crippen LogP contribution in [0, 0.1) is 11.8 Å². The Morgan fingerprint density at radius 1 is 0.676 bits per heavy atom. The lowest BCUT2D eigenvalue weighted by Crippen LogP contribution is -2.17. The standard InChI is InChI=1S/C28H40O6/c1-5-9-13-21(7-3)19-31-27(29)33-25-17-18-26(24-16-12-11-15-23(24)25)34-28(30)32-20-22(8-4)14-10-6-2/h11-12,15-18,21-22H,5-10,13-14,19-20H2,1-4H3. The summed E-state index contributed by atoms with van der Waals surface area (Å²) in [5.74, 6) is 1.38. The molecule has 2 unspecified atom stereocenters. The van der Waals surface area contributed by atoms with E-state index in [-0.39, 0.29) is 0 Å². The van der Waals surface area contributed by atoms with Crippen LogP contribution >= 0.6 is 0 Å². The van der Waals surface area contributed by atoms with Crippen molar-refractivity contribution in [1.82, 2.24) is 0 Å². The molecule has 0 radical (unpaired) electrons. The predicted octanol–water partition coefficient (Wildman–Crippen LogP) is 8.30. The third-order valence-electron chi connectivity index (χ3n) is 6.19. The van der Waals surface area contributed by atoms with E-state index >= 15 is 0 Å². The number of carbonyl (C=O) groups excluding carboxylic acids is 2. The molecule has 188 valence electrons. The maximum absolute atomic E-state index is 12.3. The molecular weight excluding hydrogens is 432 g/mol. The average Bonchev–Trinajstić information content (AvgIpc) is 2.85. The van der Waals surface area contributed by atoms with Gasteiger partial charge in [0.05, 0.1) is 13.2 Å². The summed E-state index contributed by atoms with van der Waals surface area (Å²) in [5.41, 5.74) is 0. The monoisotopic (exact) mass is 472 g/mol. The third kappa shape index (κ3) is 8.88. The van der Waals surface area contributed by atoms with Crippen LogP contribution in [0.5, 0.6) is 11.5 Å². The van der Waals surface area contributed by atoms with Crippen LogP contribution in [0.15, 0.2) is 36.4 Å². The van der Waals surface area contributed by atoms with Gasteiger partial charge < -0.3 is 18.9 Å². The topological polar surface area (TPSA) is 71.1 Å². The summed E-state index contributed by atoms with van der Waals surface area (Å²) in [7, 11) is 0. The molecule has 2 rings (SSSR count). The van der Waals surface area contributed by atoms with E-state index in [1.807, 2.05) is 24.3 Å². The number of benzene rings is 2. The molecule has 0 aromatic heterocycles. The Balaban J connectivity index is 2.01. The van der Waals surface area contributed by atoms with Gasteiger partial charge in [0.1, 0.15) is 11.5 Å². The fraction of sp³-hybridized carbons (Fsp3) is 0.571. The van der Waals surface area contributed by atoms with E-state index in [2.05, 4.69) is 27.7 Å². The minimum Gasteiger partial charge on any atom is -0.434 e. The lowest BCUT2D eigenvalue weighted by Gasteiger charge is -2.16. The van der Waals surface area contributed by atoms with Crippen molar-refractivity contribution in [1.29, 1.82) is 0 Å². The van der Waals surface area contributed by atoms with Crippen molar-refractivity contribution >= 4 is 23.1 Å². The van der Waals surface area contributed by atoms with Gasteiger partial charge in [0.25, 0.3) is 0 Å². The molecule has 6 heteroatoms. The Morgan fingerprint density at radius 2 is 1.09 bits per heavy atom. The second-order valence-corrected chi connectivity index (χ2v) is 8.77. The molecule has 0 amide bonds. The van der Waals surface area contributed by atoms with Crippen molar-refractivity contribution in [3.05, 3.63) is 36.4 Å². The second kappa shape index (κ2) is 15.2. The zero-order valence-corrected chi connectivity index (χ0v) is 21.1. The van der Waals surface area contributed by atoms with Gasteiger partial charge in [-0.25, -0.2) is 9.59 Å². The normalized spacial score (nSPS) is 12.7. The molecule has 0 fully saturated rings. The summed E-state index contributed by atoms with van der Waals surface area (Å²) < 4.78 is 21.7. The van der Waals surface area contributed by atoms with Gasteiger partial charge >= 0.3 is 12.3 Å². The molecule has 6 nitrogen and oxygen atoms in total. The van der Waals surface area contributed by atoms with Gasteiger partial charge in [0.2, 0.25) is 0 Å². The van der Waals surface area contributed by atoms with Crippen LogP contribution in [0.4, 0.5) is 9.59 Å². The van der Waals surface area contributed by atoms with E-state index in [0.29, 0.717) is 47.3 Å². The van der Waals surface area contributed by atoms with E-state index in [0.717, 1.165) is 51.4 Å². The van der Waals surface area contributed by atoms with Gasteiger partial charge in [-0.2, -0.15) is 0 Å². The lowest BCUT2D eigenvalue weighted by molar-refractivity contribution is 0.0799. The predicted molar refractivity (Wildman–Crippen MR) is 135 cm³/mol. The van der Waals surface area contributed by atoms with E-state index in [1.165, 1.54) is 0 Å². The van der Waals surface area contributed by atoms with Crippen molar-refractivity contribution in [3.63, 3.8) is 0 Å². The highest BCUT2D eigenvalue weighted by Crippen LogP contribution is 2.33. The molecule has 0 aliphatic carbocycles. The van der Waals surface area contributed by atoms with E-state index < -0.39 is 12.3 Å². The third-order valence-corrected chi connectivity index (χ3v) is 6.19. The van der Waals surface area contributed by atoms with Crippen LogP contribution in [-0.4, -0.2) is 25.5 Å². The number of hydrogen-bond acceptors (Lipinski definition) is 6. The summed E-state index contributed by atoms with van der Waals surface area (Å²) >= 11 is 0. The summed E-state index contributed by atoms with van der Waals surface area (Å²) in [6.07, 6.45) is 6.97. The first-order valence-corrected chi connectivity index (χ1v) is 12.7. The van der Waals surface area contributed by atoms with Crippen LogP contribution in [0.1, 0.15) is 79.1 Å². The smallest absolute Gasteiger partial charge is 0.434 e. The Labute approximate surface area is 203 Å². The summed E-state index contributed by atoms with van der Waals surface area (Å²) in [5, 5.41) is 1.30. The summed E-state index contributed by atoms with van der Waals surface area (Å²) in [6, 6.07) is 10.5. The van der Waals surface area contributed by atoms with Crippen LogP contribution in [0.3, 0.4) is 0 Å². The first-order valence-electron chi connectivity index (χ1n) is 12.7. The zero-order valence-electron chi connectivity index (χ0n) is 21.1. The molecule has 0 saturated heterocycles. The molecule has 0 bridgehead atoms. The van der Waals surface area contributed by atoms with Crippen LogP contribution in [0.25, 0.3) is 10.8 Å². The van der Waals surface area contributed by atoms with E-state index in [4.69, 9.17) is 18.9 Å². The maximum Gasteiger partial charge on any atom is 0.513 e. The highest BCUT2D eigenvalue weighted by atomic mass is 16.7. The van der Waals surface area contributed by atoms with Crippen molar-refractivity contribution in [2.75, 3.05) is 13.2 Å². The van der Waals surface area contributed by atoms with Gasteiger partial charge in [0.15, 0.2) is 0 Å². The fourth-order valence-corrected chi connectivity index (χ4v) is 3.83. The number of fused-ring (bicyclic) bond motifs is 1. The van der Waals surface area contributed by atoms with Gasteiger partial charge in [-0.1, -0.05) is 90.5 Å². The van der Waals surface area contributed by atoms with Crippen LogP contribution in [0.2, 0.25) is 0 Å². The maximum atomic E-state index is 12.3. The lowest BCUT2D eigenvalue weighted by atomic mass is 10.0. The molecule has 34 heavy (non-hydrogen) atoms. The van der Waals surface area contributed by atoms with Crippen molar-refractivity contribution in [2.24, 2.45) is 11.8 Å². The molecule has 0 aliphatic heterocycles. The number of carbonyl (C=O) groups is 2. The first kappa shape index (κ1) is 27.5. The number of unbranched alkanes of at least 4 members (excludes halogenated alkanes) is 2. The highest BCUT2D eigenvalue weighted by molar-refractivity contribution is 5.95. The zero-order chi connectivity index (χ0) is 24.8. The highest BCUT2D eigenvalue weighted by Gasteiger charge is 2.17. The largest absolute Gasteiger partial charge is 0.513 e. The molecule has 2 aromatic rings. The van der Waals surface area contributed by atoms with Gasteiger partial charge in [-0.05, 0) is 36.8 Å².